The number of aromatic nitrogens is 2. The van der Waals surface area contributed by atoms with E-state index in [4.69, 9.17) is 0 Å². The number of hydrogen-bond donors (Lipinski definition) is 1. The monoisotopic (exact) mass is 652 g/mol. The Morgan fingerprint density at radius 3 is 2.34 bits per heavy atom. The molecule has 0 amide bonds. The van der Waals surface area contributed by atoms with E-state index in [9.17, 15) is 13.2 Å². The normalized spacial score (nSPS) is 15.7. The maximum atomic E-state index is 13.3. The van der Waals surface area contributed by atoms with E-state index < -0.39 is 10.0 Å². The van der Waals surface area contributed by atoms with Crippen LogP contribution in [0, 0.1) is 0 Å². The number of hydrogen-bond acceptors (Lipinski definition) is 8. The van der Waals surface area contributed by atoms with Gasteiger partial charge in [0.2, 0.25) is 10.0 Å². The minimum absolute atomic E-state index is 0.0532. The largest absolute Gasteiger partial charge is 0.347 e. The molecule has 0 saturated carbocycles. The van der Waals surface area contributed by atoms with Crippen LogP contribution in [0.3, 0.4) is 0 Å². The number of ketones is 1. The molecule has 0 fully saturated rings. The summed E-state index contributed by atoms with van der Waals surface area (Å²) in [5.74, 6) is 1.60. The highest BCUT2D eigenvalue weighted by Crippen LogP contribution is 2.33. The fraction of sp³-hybridized carbons (Fsp3) is 0.378. The number of nitrogens with one attached hydrogen (secondary N) is 1. The Morgan fingerprint density at radius 2 is 1.62 bits per heavy atom. The molecule has 1 N–H and O–H groups in total. The van der Waals surface area contributed by atoms with Gasteiger partial charge in [-0.25, -0.2) is 23.1 Å². The molecule has 0 saturated heterocycles. The Bertz CT molecular complexity index is 1860. The van der Waals surface area contributed by atoms with Gasteiger partial charge >= 0.3 is 0 Å². The van der Waals surface area contributed by atoms with Crippen molar-refractivity contribution in [2.45, 2.75) is 82.6 Å². The summed E-state index contributed by atoms with van der Waals surface area (Å²) in [6.45, 7) is 6.74. The van der Waals surface area contributed by atoms with E-state index in [0.29, 0.717) is 53.8 Å². The highest BCUT2D eigenvalue weighted by atomic mass is 32.2. The molecule has 2 atom stereocenters. The maximum absolute atomic E-state index is 13.3. The van der Waals surface area contributed by atoms with Gasteiger partial charge in [0.1, 0.15) is 0 Å². The molecular formula is C37H44N6O3S. The number of amidine groups is 1. The van der Waals surface area contributed by atoms with E-state index >= 15 is 0 Å². The van der Waals surface area contributed by atoms with E-state index in [1.807, 2.05) is 67.4 Å². The zero-order valence-corrected chi connectivity index (χ0v) is 28.5. The summed E-state index contributed by atoms with van der Waals surface area (Å²) in [4.78, 5) is 23.8. The fourth-order valence-corrected chi connectivity index (χ4v) is 7.50. The van der Waals surface area contributed by atoms with E-state index in [-0.39, 0.29) is 11.8 Å². The molecule has 1 aromatic heterocycles. The summed E-state index contributed by atoms with van der Waals surface area (Å²) < 4.78 is 29.4. The molecule has 0 bridgehead atoms. The van der Waals surface area contributed by atoms with E-state index in [0.717, 1.165) is 47.7 Å². The lowest BCUT2D eigenvalue weighted by atomic mass is 9.88. The molecule has 4 aromatic rings. The lowest BCUT2D eigenvalue weighted by Gasteiger charge is -2.30. The lowest BCUT2D eigenvalue weighted by Crippen LogP contribution is -2.44. The molecular weight excluding hydrogens is 609 g/mol. The molecule has 5 rings (SSSR count). The average Bonchev–Trinajstić information content (AvgIpc) is 3.09. The van der Waals surface area contributed by atoms with Crippen molar-refractivity contribution >= 4 is 38.1 Å². The summed E-state index contributed by atoms with van der Waals surface area (Å²) in [6, 6.07) is 20.7. The first kappa shape index (κ1) is 34.1. The van der Waals surface area contributed by atoms with Gasteiger partial charge in [-0.1, -0.05) is 81.3 Å². The number of unbranched alkanes of at least 4 members (excludes halogenated alkanes) is 2. The molecule has 2 heterocycles. The highest BCUT2D eigenvalue weighted by Gasteiger charge is 2.27. The maximum Gasteiger partial charge on any atom is 0.241 e. The first-order valence-electron chi connectivity index (χ1n) is 16.6. The number of sulfonamides is 1. The molecule has 1 aliphatic heterocycles. The van der Waals surface area contributed by atoms with Crippen molar-refractivity contribution in [3.63, 3.8) is 0 Å². The molecule has 10 heteroatoms. The number of likely N-dealkylation sites (N-methyl/N-ethyl adjacent to an activating group) is 1. The van der Waals surface area contributed by atoms with Crippen LogP contribution < -0.4 is 4.72 Å². The van der Waals surface area contributed by atoms with E-state index in [2.05, 4.69) is 44.8 Å². The van der Waals surface area contributed by atoms with Gasteiger partial charge in [0.05, 0.1) is 16.6 Å². The van der Waals surface area contributed by atoms with Crippen molar-refractivity contribution < 1.29 is 13.2 Å². The topological polar surface area (TPSA) is 117 Å². The first-order chi connectivity index (χ1) is 22.7. The third-order valence-electron chi connectivity index (χ3n) is 8.98. The van der Waals surface area contributed by atoms with Crippen molar-refractivity contribution in [1.29, 1.82) is 0 Å². The third-order valence-corrected chi connectivity index (χ3v) is 10.5. The van der Waals surface area contributed by atoms with Crippen LogP contribution in [0.1, 0.15) is 98.9 Å². The second-order valence-electron chi connectivity index (χ2n) is 12.1. The number of benzene rings is 3. The molecule has 47 heavy (non-hydrogen) atoms. The minimum atomic E-state index is -3.68. The number of Topliss-reactive ketones (excluding diaryl/α,β-unsaturated/α-hetero) is 1. The second-order valence-corrected chi connectivity index (χ2v) is 13.8. The molecule has 2 unspecified atom stereocenters. The Hall–Kier alpha value is -4.28. The van der Waals surface area contributed by atoms with Gasteiger partial charge in [-0.15, -0.1) is 5.10 Å². The quantitative estimate of drug-likeness (QED) is 0.108. The van der Waals surface area contributed by atoms with Crippen LogP contribution in [0.4, 0.5) is 0 Å². The van der Waals surface area contributed by atoms with Crippen molar-refractivity contribution in [2.75, 3.05) is 13.6 Å². The Labute approximate surface area is 278 Å². The fourth-order valence-electron chi connectivity index (χ4n) is 6.20. The smallest absolute Gasteiger partial charge is 0.241 e. The minimum Gasteiger partial charge on any atom is -0.347 e. The Morgan fingerprint density at radius 1 is 0.894 bits per heavy atom. The van der Waals surface area contributed by atoms with Crippen LogP contribution >= 0.6 is 0 Å². The van der Waals surface area contributed by atoms with Crippen molar-refractivity contribution in [1.82, 2.24) is 19.6 Å². The van der Waals surface area contributed by atoms with E-state index in [1.54, 1.807) is 24.5 Å². The Kier molecular flexibility index (Phi) is 11.3. The Balaban J connectivity index is 1.12. The highest BCUT2D eigenvalue weighted by molar-refractivity contribution is 7.89. The standard InChI is InChI=1S/C37H44N6O3S/c1-5-13-27(6-2)30-14-10-16-32-31(30)15-11-18-34(32)47(45,46)40-25-9-7-8-17-33(44)28-19-21-29(22-20-28)35-26(3)43(4)37(42-41-35)36-38-23-12-24-39-36/h10-12,14-16,18-24,26-27,40H,5-9,13,17,25H2,1-4H3. The number of fused-ring (bicyclic) bond motifs is 1. The SMILES string of the molecule is CCCC(CC)c1cccc2c(S(=O)(=O)NCCCCCC(=O)c3ccc(C4=NN=C(c5ncccn5)N(C)C4C)cc3)cccc12. The summed E-state index contributed by atoms with van der Waals surface area (Å²) in [6.07, 6.45) is 9.02. The molecule has 246 valence electrons. The summed E-state index contributed by atoms with van der Waals surface area (Å²) in [5, 5.41) is 10.6. The first-order valence-corrected chi connectivity index (χ1v) is 18.0. The number of nitrogens with zero attached hydrogens (tertiary/aromatic N) is 5. The number of rotatable bonds is 15. The molecule has 0 aliphatic carbocycles. The molecule has 9 nitrogen and oxygen atoms in total. The molecule has 1 aliphatic rings. The average molecular weight is 653 g/mol. The van der Waals surface area contributed by atoms with Crippen LogP contribution in [0.25, 0.3) is 10.8 Å². The summed E-state index contributed by atoms with van der Waals surface area (Å²) in [7, 11) is -1.74. The zero-order chi connectivity index (χ0) is 33.4. The predicted molar refractivity (Wildman–Crippen MR) is 189 cm³/mol. The summed E-state index contributed by atoms with van der Waals surface area (Å²) >= 11 is 0. The van der Waals surface area contributed by atoms with Crippen molar-refractivity contribution in [3.05, 3.63) is 102 Å². The van der Waals surface area contributed by atoms with Crippen LogP contribution in [0.5, 0.6) is 0 Å². The van der Waals surface area contributed by atoms with Gasteiger partial charge in [0.15, 0.2) is 17.4 Å². The van der Waals surface area contributed by atoms with Gasteiger partial charge in [0, 0.05) is 43.4 Å². The van der Waals surface area contributed by atoms with Crippen molar-refractivity contribution in [2.24, 2.45) is 10.2 Å². The molecule has 3 aromatic carbocycles. The second kappa shape index (κ2) is 15.5. The molecule has 0 spiro atoms. The summed E-state index contributed by atoms with van der Waals surface area (Å²) in [5.41, 5.74) is 3.57. The van der Waals surface area contributed by atoms with Crippen LogP contribution in [-0.2, 0) is 10.0 Å². The van der Waals surface area contributed by atoms with Crippen molar-refractivity contribution in [3.8, 4) is 0 Å². The third kappa shape index (κ3) is 7.82. The number of carbonyl (C=O) groups excluding carboxylic acids is 1. The van der Waals surface area contributed by atoms with Gasteiger partial charge in [-0.2, -0.15) is 5.10 Å². The predicted octanol–water partition coefficient (Wildman–Crippen LogP) is 7.13. The molecule has 0 radical (unpaired) electrons. The van der Waals surface area contributed by atoms with Crippen LogP contribution in [0.2, 0.25) is 0 Å². The lowest BCUT2D eigenvalue weighted by molar-refractivity contribution is 0.0979. The van der Waals surface area contributed by atoms with E-state index in [1.165, 1.54) is 5.56 Å². The van der Waals surface area contributed by atoms with Crippen LogP contribution in [-0.4, -0.2) is 60.3 Å². The van der Waals surface area contributed by atoms with Gasteiger partial charge in [-0.05, 0) is 67.2 Å². The zero-order valence-electron chi connectivity index (χ0n) is 27.7. The number of carbonyl (C=O) groups is 1. The van der Waals surface area contributed by atoms with Gasteiger partial charge in [-0.3, -0.25) is 4.79 Å². The van der Waals surface area contributed by atoms with Gasteiger partial charge in [0.25, 0.3) is 0 Å². The van der Waals surface area contributed by atoms with Crippen LogP contribution in [0.15, 0.2) is 94.2 Å². The van der Waals surface area contributed by atoms with Gasteiger partial charge < -0.3 is 4.90 Å².